The molecule has 1 aromatic carbocycles. The molecule has 0 aliphatic heterocycles. The highest BCUT2D eigenvalue weighted by molar-refractivity contribution is 7.10. The lowest BCUT2D eigenvalue weighted by atomic mass is 10.1. The summed E-state index contributed by atoms with van der Waals surface area (Å²) in [6, 6.07) is 6.54. The number of urea groups is 1. The molecule has 1 unspecified atom stereocenters. The number of halogens is 1. The smallest absolute Gasteiger partial charge is 0.341 e. The van der Waals surface area contributed by atoms with Gasteiger partial charge in [0.25, 0.3) is 0 Å². The summed E-state index contributed by atoms with van der Waals surface area (Å²) in [5.74, 6) is -0.319. The van der Waals surface area contributed by atoms with E-state index >= 15 is 0 Å². The number of nitrogens with zero attached hydrogens (tertiary/aromatic N) is 1. The molecule has 27 heavy (non-hydrogen) atoms. The lowest BCUT2D eigenvalue weighted by Gasteiger charge is -2.23. The van der Waals surface area contributed by atoms with Gasteiger partial charge in [-0.1, -0.05) is 17.7 Å². The molecule has 0 saturated heterocycles. The number of hydrogen-bond donors (Lipinski definition) is 2. The number of nitrogens with one attached hydrogen (secondary N) is 2. The molecule has 2 rings (SSSR count). The third-order valence-electron chi connectivity index (χ3n) is 3.89. The van der Waals surface area contributed by atoms with E-state index in [1.54, 1.807) is 11.3 Å². The molecule has 0 aliphatic carbocycles. The Morgan fingerprint density at radius 2 is 2.04 bits per heavy atom. The molecule has 2 aromatic rings. The van der Waals surface area contributed by atoms with E-state index in [0.29, 0.717) is 12.2 Å². The molecule has 0 spiro atoms. The Labute approximate surface area is 167 Å². The largest absolute Gasteiger partial charge is 0.496 e. The van der Waals surface area contributed by atoms with Crippen LogP contribution in [0.4, 0.5) is 10.5 Å². The first-order valence-corrected chi connectivity index (χ1v) is 9.33. The second-order valence-electron chi connectivity index (χ2n) is 5.85. The van der Waals surface area contributed by atoms with Crippen molar-refractivity contribution in [2.75, 3.05) is 40.2 Å². The van der Waals surface area contributed by atoms with Gasteiger partial charge in [0, 0.05) is 17.5 Å². The molecule has 0 saturated carbocycles. The number of likely N-dealkylation sites (N-methyl/N-ethyl adjacent to an activating group) is 1. The van der Waals surface area contributed by atoms with Crippen LogP contribution in [0.5, 0.6) is 5.75 Å². The molecule has 7 nitrogen and oxygen atoms in total. The fourth-order valence-electron chi connectivity index (χ4n) is 2.46. The van der Waals surface area contributed by atoms with E-state index in [1.165, 1.54) is 26.4 Å². The van der Waals surface area contributed by atoms with Crippen molar-refractivity contribution < 1.29 is 19.1 Å². The fraction of sp³-hybridized carbons (Fsp3) is 0.333. The van der Waals surface area contributed by atoms with Gasteiger partial charge in [-0.25, -0.2) is 9.59 Å². The molecule has 2 N–H and O–H groups in total. The van der Waals surface area contributed by atoms with E-state index in [0.717, 1.165) is 4.88 Å². The number of amides is 2. The average Bonchev–Trinajstić information content (AvgIpc) is 3.16. The van der Waals surface area contributed by atoms with Crippen LogP contribution in [0.3, 0.4) is 0 Å². The number of carbonyl (C=O) groups excluding carboxylic acids is 2. The first kappa shape index (κ1) is 21.0. The summed E-state index contributed by atoms with van der Waals surface area (Å²) in [6.07, 6.45) is 0. The number of benzene rings is 1. The highest BCUT2D eigenvalue weighted by Gasteiger charge is 2.19. The molecule has 2 amide bonds. The second-order valence-corrected chi connectivity index (χ2v) is 7.24. The van der Waals surface area contributed by atoms with Gasteiger partial charge in [-0.15, -0.1) is 11.3 Å². The monoisotopic (exact) mass is 411 g/mol. The average molecular weight is 412 g/mol. The van der Waals surface area contributed by atoms with Crippen LogP contribution in [0, 0.1) is 0 Å². The minimum absolute atomic E-state index is 0.0578. The fourth-order valence-corrected chi connectivity index (χ4v) is 3.60. The van der Waals surface area contributed by atoms with Crippen molar-refractivity contribution >= 4 is 40.6 Å². The Hall–Kier alpha value is -2.29. The Bertz CT molecular complexity index is 796. The quantitative estimate of drug-likeness (QED) is 0.680. The lowest BCUT2D eigenvalue weighted by molar-refractivity contribution is 0.0597. The molecule has 9 heteroatoms. The van der Waals surface area contributed by atoms with Crippen molar-refractivity contribution in [1.29, 1.82) is 0 Å². The third kappa shape index (κ3) is 5.35. The molecule has 146 valence electrons. The van der Waals surface area contributed by atoms with Gasteiger partial charge in [-0.2, -0.15) is 0 Å². The Morgan fingerprint density at radius 1 is 1.30 bits per heavy atom. The van der Waals surface area contributed by atoms with Gasteiger partial charge in [0.2, 0.25) is 0 Å². The number of hydrogen-bond acceptors (Lipinski definition) is 6. The van der Waals surface area contributed by atoms with Crippen molar-refractivity contribution in [3.8, 4) is 5.75 Å². The van der Waals surface area contributed by atoms with Gasteiger partial charge >= 0.3 is 12.0 Å². The number of carbonyl (C=O) groups is 2. The number of ether oxygens (including phenoxy) is 2. The zero-order valence-corrected chi connectivity index (χ0v) is 17.1. The molecule has 1 aromatic heterocycles. The highest BCUT2D eigenvalue weighted by Crippen LogP contribution is 2.31. The Kier molecular flexibility index (Phi) is 7.46. The predicted molar refractivity (Wildman–Crippen MR) is 107 cm³/mol. The normalized spacial score (nSPS) is 11.8. The maximum absolute atomic E-state index is 12.3. The van der Waals surface area contributed by atoms with Gasteiger partial charge in [0.15, 0.2) is 0 Å². The molecule has 0 bridgehead atoms. The van der Waals surface area contributed by atoms with E-state index in [2.05, 4.69) is 10.6 Å². The molecule has 0 aliphatic rings. The lowest BCUT2D eigenvalue weighted by Crippen LogP contribution is -2.36. The van der Waals surface area contributed by atoms with E-state index < -0.39 is 12.0 Å². The molecule has 0 fully saturated rings. The predicted octanol–water partition coefficient (Wildman–Crippen LogP) is 3.62. The minimum atomic E-state index is -0.575. The van der Waals surface area contributed by atoms with Crippen LogP contribution in [-0.2, 0) is 4.74 Å². The third-order valence-corrected chi connectivity index (χ3v) is 5.18. The van der Waals surface area contributed by atoms with Gasteiger partial charge in [-0.05, 0) is 31.6 Å². The highest BCUT2D eigenvalue weighted by atomic mass is 35.5. The van der Waals surface area contributed by atoms with E-state index in [1.807, 2.05) is 36.5 Å². The maximum atomic E-state index is 12.3. The summed E-state index contributed by atoms with van der Waals surface area (Å²) in [6.45, 7) is 0.425. The van der Waals surface area contributed by atoms with Gasteiger partial charge in [0.05, 0.1) is 31.0 Å². The standard InChI is InChI=1S/C18H22ClN3O4S/c1-22(2)14(16-6-5-7-27-16)10-20-18(24)21-13-9-15(25-3)11(8-12(13)19)17(23)26-4/h5-9,14H,10H2,1-4H3,(H2,20,21,24). The van der Waals surface area contributed by atoms with Crippen LogP contribution in [0.25, 0.3) is 0 Å². The number of anilines is 1. The second kappa shape index (κ2) is 9.59. The van der Waals surface area contributed by atoms with Crippen molar-refractivity contribution in [1.82, 2.24) is 10.2 Å². The number of esters is 1. The number of methoxy groups -OCH3 is 2. The zero-order chi connectivity index (χ0) is 20.0. The van der Waals surface area contributed by atoms with Crippen LogP contribution >= 0.6 is 22.9 Å². The topological polar surface area (TPSA) is 79.9 Å². The summed E-state index contributed by atoms with van der Waals surface area (Å²) in [4.78, 5) is 27.3. The van der Waals surface area contributed by atoms with Crippen molar-refractivity contribution in [2.45, 2.75) is 6.04 Å². The molecule has 1 atom stereocenters. The van der Waals surface area contributed by atoms with Crippen LogP contribution < -0.4 is 15.4 Å². The van der Waals surface area contributed by atoms with E-state index in [9.17, 15) is 9.59 Å². The summed E-state index contributed by atoms with van der Waals surface area (Å²) in [5.41, 5.74) is 0.512. The SMILES string of the molecule is COC(=O)c1cc(Cl)c(NC(=O)NCC(c2cccs2)N(C)C)cc1OC. The number of thiophene rings is 1. The van der Waals surface area contributed by atoms with Crippen molar-refractivity contribution in [2.24, 2.45) is 0 Å². The summed E-state index contributed by atoms with van der Waals surface area (Å²) >= 11 is 7.82. The van der Waals surface area contributed by atoms with Crippen molar-refractivity contribution in [3.63, 3.8) is 0 Å². The van der Waals surface area contributed by atoms with E-state index in [-0.39, 0.29) is 22.4 Å². The van der Waals surface area contributed by atoms with Crippen LogP contribution in [0.15, 0.2) is 29.6 Å². The Morgan fingerprint density at radius 3 is 2.59 bits per heavy atom. The Balaban J connectivity index is 2.08. The van der Waals surface area contributed by atoms with Gasteiger partial charge in [0.1, 0.15) is 11.3 Å². The van der Waals surface area contributed by atoms with Crippen LogP contribution in [0.2, 0.25) is 5.02 Å². The number of rotatable bonds is 7. The summed E-state index contributed by atoms with van der Waals surface area (Å²) in [7, 11) is 6.60. The molecule has 0 radical (unpaired) electrons. The van der Waals surface area contributed by atoms with Crippen LogP contribution in [-0.4, -0.2) is 51.8 Å². The minimum Gasteiger partial charge on any atom is -0.496 e. The molecule has 1 heterocycles. The van der Waals surface area contributed by atoms with Gasteiger partial charge in [-0.3, -0.25) is 0 Å². The first-order chi connectivity index (χ1) is 12.9. The molecular weight excluding hydrogens is 390 g/mol. The van der Waals surface area contributed by atoms with Crippen LogP contribution in [0.1, 0.15) is 21.3 Å². The molecular formula is C18H22ClN3O4S. The maximum Gasteiger partial charge on any atom is 0.341 e. The van der Waals surface area contributed by atoms with E-state index in [4.69, 9.17) is 21.1 Å². The van der Waals surface area contributed by atoms with Gasteiger partial charge < -0.3 is 25.0 Å². The van der Waals surface area contributed by atoms with Crippen molar-refractivity contribution in [3.05, 3.63) is 45.1 Å². The summed E-state index contributed by atoms with van der Waals surface area (Å²) < 4.78 is 9.88. The zero-order valence-electron chi connectivity index (χ0n) is 15.5. The summed E-state index contributed by atoms with van der Waals surface area (Å²) in [5, 5.41) is 7.72. The first-order valence-electron chi connectivity index (χ1n) is 8.07.